The SMILES string of the molecule is NS(=O)(=O)c1cc(Br)cnc1Oc1cccc(Cl)c1. The van der Waals surface area contributed by atoms with Crippen LogP contribution in [0.3, 0.4) is 0 Å². The van der Waals surface area contributed by atoms with Gasteiger partial charge in [-0.05, 0) is 40.2 Å². The molecule has 0 amide bonds. The van der Waals surface area contributed by atoms with Crippen LogP contribution in [0.5, 0.6) is 11.6 Å². The maximum Gasteiger partial charge on any atom is 0.243 e. The molecule has 0 saturated heterocycles. The highest BCUT2D eigenvalue weighted by Gasteiger charge is 2.18. The van der Waals surface area contributed by atoms with Crippen molar-refractivity contribution in [1.82, 2.24) is 4.98 Å². The molecule has 0 unspecified atom stereocenters. The van der Waals surface area contributed by atoms with E-state index in [9.17, 15) is 8.42 Å². The Kier molecular flexibility index (Phi) is 4.10. The van der Waals surface area contributed by atoms with Gasteiger partial charge in [-0.2, -0.15) is 0 Å². The molecule has 0 radical (unpaired) electrons. The number of hydrogen-bond donors (Lipinski definition) is 1. The van der Waals surface area contributed by atoms with Crippen LogP contribution in [0.25, 0.3) is 0 Å². The van der Waals surface area contributed by atoms with E-state index < -0.39 is 10.0 Å². The fourth-order valence-corrected chi connectivity index (χ4v) is 2.62. The Morgan fingerprint density at radius 2 is 2.05 bits per heavy atom. The molecule has 1 aromatic heterocycles. The van der Waals surface area contributed by atoms with Gasteiger partial charge in [-0.1, -0.05) is 17.7 Å². The van der Waals surface area contributed by atoms with Crippen molar-refractivity contribution in [2.45, 2.75) is 4.90 Å². The maximum atomic E-state index is 11.5. The largest absolute Gasteiger partial charge is 0.438 e. The first-order valence-electron chi connectivity index (χ1n) is 4.98. The molecule has 0 aliphatic heterocycles. The summed E-state index contributed by atoms with van der Waals surface area (Å²) in [5.41, 5.74) is 0. The monoisotopic (exact) mass is 362 g/mol. The zero-order valence-corrected chi connectivity index (χ0v) is 12.5. The minimum absolute atomic E-state index is 0.104. The summed E-state index contributed by atoms with van der Waals surface area (Å²) in [6.07, 6.45) is 1.41. The number of nitrogens with two attached hydrogens (primary N) is 1. The van der Waals surface area contributed by atoms with Crippen molar-refractivity contribution < 1.29 is 13.2 Å². The number of sulfonamides is 1. The van der Waals surface area contributed by atoms with Gasteiger partial charge in [-0.15, -0.1) is 0 Å². The lowest BCUT2D eigenvalue weighted by Crippen LogP contribution is -2.14. The Morgan fingerprint density at radius 1 is 1.32 bits per heavy atom. The molecule has 2 N–H and O–H groups in total. The molecular weight excluding hydrogens is 356 g/mol. The molecule has 0 aliphatic carbocycles. The van der Waals surface area contributed by atoms with E-state index in [0.717, 1.165) is 0 Å². The highest BCUT2D eigenvalue weighted by atomic mass is 79.9. The lowest BCUT2D eigenvalue weighted by molar-refractivity contribution is 0.447. The van der Waals surface area contributed by atoms with Crippen LogP contribution in [-0.2, 0) is 10.0 Å². The number of benzene rings is 1. The van der Waals surface area contributed by atoms with E-state index in [4.69, 9.17) is 21.5 Å². The van der Waals surface area contributed by atoms with E-state index in [1.165, 1.54) is 18.3 Å². The molecule has 0 aliphatic rings. The van der Waals surface area contributed by atoms with Crippen LogP contribution in [0.4, 0.5) is 0 Å². The first-order chi connectivity index (χ1) is 8.86. The minimum atomic E-state index is -3.94. The lowest BCUT2D eigenvalue weighted by atomic mass is 10.3. The van der Waals surface area contributed by atoms with Gasteiger partial charge in [0, 0.05) is 15.7 Å². The summed E-state index contributed by atoms with van der Waals surface area (Å²) in [6, 6.07) is 7.83. The number of aromatic nitrogens is 1. The van der Waals surface area contributed by atoms with E-state index in [1.54, 1.807) is 18.2 Å². The third-order valence-electron chi connectivity index (χ3n) is 2.10. The third-order valence-corrected chi connectivity index (χ3v) is 3.68. The predicted octanol–water partition coefficient (Wildman–Crippen LogP) is 2.94. The summed E-state index contributed by atoms with van der Waals surface area (Å²) in [6.45, 7) is 0. The smallest absolute Gasteiger partial charge is 0.243 e. The van der Waals surface area contributed by atoms with Gasteiger partial charge >= 0.3 is 0 Å². The van der Waals surface area contributed by atoms with Crippen LogP contribution in [0.2, 0.25) is 5.02 Å². The van der Waals surface area contributed by atoms with E-state index in [-0.39, 0.29) is 10.8 Å². The first kappa shape index (κ1) is 14.3. The number of nitrogens with zero attached hydrogens (tertiary/aromatic N) is 1. The van der Waals surface area contributed by atoms with Crippen LogP contribution >= 0.6 is 27.5 Å². The summed E-state index contributed by atoms with van der Waals surface area (Å²) in [4.78, 5) is 3.69. The van der Waals surface area contributed by atoms with Gasteiger partial charge in [-0.3, -0.25) is 0 Å². The van der Waals surface area contributed by atoms with Crippen molar-refractivity contribution in [2.24, 2.45) is 5.14 Å². The molecule has 1 aromatic carbocycles. The lowest BCUT2D eigenvalue weighted by Gasteiger charge is -2.09. The highest BCUT2D eigenvalue weighted by molar-refractivity contribution is 9.10. The number of halogens is 2. The van der Waals surface area contributed by atoms with Crippen LogP contribution < -0.4 is 9.88 Å². The van der Waals surface area contributed by atoms with Crippen LogP contribution in [0, 0.1) is 0 Å². The van der Waals surface area contributed by atoms with Crippen molar-refractivity contribution in [3.63, 3.8) is 0 Å². The molecule has 1 heterocycles. The van der Waals surface area contributed by atoms with E-state index in [1.807, 2.05) is 0 Å². The average Bonchev–Trinajstić information content (AvgIpc) is 2.30. The average molecular weight is 364 g/mol. The second-order valence-electron chi connectivity index (χ2n) is 3.56. The fraction of sp³-hybridized carbons (Fsp3) is 0. The van der Waals surface area contributed by atoms with Gasteiger partial charge in [0.2, 0.25) is 15.9 Å². The van der Waals surface area contributed by atoms with Gasteiger partial charge in [0.15, 0.2) is 0 Å². The number of ether oxygens (including phenoxy) is 1. The van der Waals surface area contributed by atoms with E-state index in [0.29, 0.717) is 15.2 Å². The maximum absolute atomic E-state index is 11.5. The van der Waals surface area contributed by atoms with E-state index in [2.05, 4.69) is 20.9 Å². The second-order valence-corrected chi connectivity index (χ2v) is 6.44. The molecule has 0 fully saturated rings. The Labute approximate surface area is 123 Å². The van der Waals surface area contributed by atoms with Gasteiger partial charge in [0.25, 0.3) is 0 Å². The molecule has 0 atom stereocenters. The number of primary sulfonamides is 1. The Morgan fingerprint density at radius 3 is 2.68 bits per heavy atom. The zero-order chi connectivity index (χ0) is 14.0. The van der Waals surface area contributed by atoms with Crippen molar-refractivity contribution in [3.8, 4) is 11.6 Å². The zero-order valence-electron chi connectivity index (χ0n) is 9.38. The Bertz CT molecular complexity index is 722. The standard InChI is InChI=1S/C11H8BrClN2O3S/c12-7-4-10(19(14,16)17)11(15-6-7)18-9-3-1-2-8(13)5-9/h1-6H,(H2,14,16,17). The van der Waals surface area contributed by atoms with Crippen molar-refractivity contribution >= 4 is 37.6 Å². The molecular formula is C11H8BrClN2O3S. The molecule has 19 heavy (non-hydrogen) atoms. The van der Waals surface area contributed by atoms with Crippen molar-refractivity contribution in [1.29, 1.82) is 0 Å². The Balaban J connectivity index is 2.46. The molecule has 2 rings (SSSR count). The number of hydrogen-bond acceptors (Lipinski definition) is 4. The van der Waals surface area contributed by atoms with Gasteiger partial charge < -0.3 is 4.74 Å². The fourth-order valence-electron chi connectivity index (χ4n) is 1.33. The normalized spacial score (nSPS) is 11.3. The quantitative estimate of drug-likeness (QED) is 0.909. The summed E-state index contributed by atoms with van der Waals surface area (Å²) in [5.74, 6) is 0.264. The molecule has 100 valence electrons. The van der Waals surface area contributed by atoms with Crippen LogP contribution in [-0.4, -0.2) is 13.4 Å². The molecule has 8 heteroatoms. The van der Waals surface area contributed by atoms with E-state index >= 15 is 0 Å². The minimum Gasteiger partial charge on any atom is -0.438 e. The molecule has 0 bridgehead atoms. The van der Waals surface area contributed by atoms with Crippen LogP contribution in [0.15, 0.2) is 45.9 Å². The van der Waals surface area contributed by atoms with Gasteiger partial charge in [0.1, 0.15) is 10.6 Å². The number of rotatable bonds is 3. The van der Waals surface area contributed by atoms with Gasteiger partial charge in [0.05, 0.1) is 0 Å². The highest BCUT2D eigenvalue weighted by Crippen LogP contribution is 2.29. The summed E-state index contributed by atoms with van der Waals surface area (Å²) in [7, 11) is -3.94. The predicted molar refractivity (Wildman–Crippen MR) is 74.8 cm³/mol. The summed E-state index contributed by atoms with van der Waals surface area (Å²) < 4.78 is 28.8. The van der Waals surface area contributed by atoms with Crippen LogP contribution in [0.1, 0.15) is 0 Å². The molecule has 0 saturated carbocycles. The third kappa shape index (κ3) is 3.66. The number of pyridine rings is 1. The van der Waals surface area contributed by atoms with Gasteiger partial charge in [-0.25, -0.2) is 18.5 Å². The topological polar surface area (TPSA) is 82.3 Å². The summed E-state index contributed by atoms with van der Waals surface area (Å²) >= 11 is 8.94. The van der Waals surface area contributed by atoms with Crippen molar-refractivity contribution in [3.05, 3.63) is 46.0 Å². The molecule has 5 nitrogen and oxygen atoms in total. The molecule has 2 aromatic rings. The first-order valence-corrected chi connectivity index (χ1v) is 7.70. The second kappa shape index (κ2) is 5.46. The summed E-state index contributed by atoms with van der Waals surface area (Å²) in [5, 5.41) is 5.58. The molecule has 0 spiro atoms. The van der Waals surface area contributed by atoms with Crippen molar-refractivity contribution in [2.75, 3.05) is 0 Å². The Hall–Kier alpha value is -1.15.